The molecule has 0 saturated heterocycles. The van der Waals surface area contributed by atoms with Crippen molar-refractivity contribution in [1.82, 2.24) is 14.8 Å². The third kappa shape index (κ3) is 3.71. The molecule has 8 nitrogen and oxygen atoms in total. The number of carbonyl (C=O) groups excluding carboxylic acids is 1. The van der Waals surface area contributed by atoms with Gasteiger partial charge in [0.2, 0.25) is 0 Å². The molecule has 0 spiro atoms. The van der Waals surface area contributed by atoms with Gasteiger partial charge in [-0.3, -0.25) is 14.2 Å². The van der Waals surface area contributed by atoms with Crippen LogP contribution < -0.4 is 10.0 Å². The van der Waals surface area contributed by atoms with Crippen LogP contribution >= 0.6 is 11.3 Å². The first-order valence-corrected chi connectivity index (χ1v) is 11.0. The molecule has 3 aromatic heterocycles. The summed E-state index contributed by atoms with van der Waals surface area (Å²) < 4.78 is 29.4. The Labute approximate surface area is 171 Å². The summed E-state index contributed by atoms with van der Waals surface area (Å²) in [5, 5.41) is 9.53. The van der Waals surface area contributed by atoms with E-state index in [0.717, 1.165) is 22.4 Å². The van der Waals surface area contributed by atoms with Gasteiger partial charge in [-0.1, -0.05) is 18.2 Å². The number of para-hydroxylation sites is 2. The van der Waals surface area contributed by atoms with Gasteiger partial charge in [-0.05, 0) is 36.6 Å². The first-order valence-electron chi connectivity index (χ1n) is 8.61. The number of pyridine rings is 1. The summed E-state index contributed by atoms with van der Waals surface area (Å²) in [4.78, 5) is 17.1. The van der Waals surface area contributed by atoms with Crippen molar-refractivity contribution < 1.29 is 13.2 Å². The van der Waals surface area contributed by atoms with Gasteiger partial charge in [0.25, 0.3) is 15.9 Å². The number of hydrogen-bond acceptors (Lipinski definition) is 6. The number of aromatic nitrogens is 3. The molecular formula is C19H17N5O3S2. The predicted molar refractivity (Wildman–Crippen MR) is 113 cm³/mol. The van der Waals surface area contributed by atoms with Crippen LogP contribution in [-0.2, 0) is 17.1 Å². The van der Waals surface area contributed by atoms with E-state index in [1.54, 1.807) is 53.5 Å². The summed E-state index contributed by atoms with van der Waals surface area (Å²) in [5.74, 6) is -0.398. The predicted octanol–water partition coefficient (Wildman–Crippen LogP) is 3.39. The first-order chi connectivity index (χ1) is 13.8. The number of benzene rings is 1. The minimum atomic E-state index is -3.73. The Balaban J connectivity index is 1.62. The van der Waals surface area contributed by atoms with Crippen molar-refractivity contribution in [1.29, 1.82) is 0 Å². The minimum Gasteiger partial charge on any atom is -0.320 e. The highest BCUT2D eigenvalue weighted by Crippen LogP contribution is 2.27. The molecule has 0 aliphatic carbocycles. The standard InChI is InChI=1S/C19H17N5O3S2/c1-12-14-10-13(11-20-18(14)24(2)22-12)19(25)21-15-6-3-4-7-16(15)23-29(26,27)17-8-5-9-28-17/h3-11,23H,1-2H3,(H,21,25). The molecule has 1 amide bonds. The Bertz CT molecular complexity index is 1310. The van der Waals surface area contributed by atoms with Gasteiger partial charge < -0.3 is 5.32 Å². The van der Waals surface area contributed by atoms with E-state index in [-0.39, 0.29) is 9.90 Å². The number of amides is 1. The van der Waals surface area contributed by atoms with E-state index in [9.17, 15) is 13.2 Å². The SMILES string of the molecule is Cc1nn(C)c2ncc(C(=O)Nc3ccccc3NS(=O)(=O)c3cccs3)cc12. The van der Waals surface area contributed by atoms with Crippen molar-refractivity contribution in [2.45, 2.75) is 11.1 Å². The lowest BCUT2D eigenvalue weighted by Gasteiger charge is -2.13. The van der Waals surface area contributed by atoms with Crippen LogP contribution in [0.1, 0.15) is 16.1 Å². The summed E-state index contributed by atoms with van der Waals surface area (Å²) in [7, 11) is -1.94. The zero-order valence-corrected chi connectivity index (χ0v) is 17.2. The van der Waals surface area contributed by atoms with Crippen LogP contribution in [0, 0.1) is 6.92 Å². The summed E-state index contributed by atoms with van der Waals surface area (Å²) in [6.07, 6.45) is 1.47. The largest absolute Gasteiger partial charge is 0.320 e. The maximum Gasteiger partial charge on any atom is 0.271 e. The lowest BCUT2D eigenvalue weighted by atomic mass is 10.2. The molecule has 4 aromatic rings. The molecular weight excluding hydrogens is 410 g/mol. The molecule has 0 bridgehead atoms. The molecule has 0 unspecified atom stereocenters. The van der Waals surface area contributed by atoms with Gasteiger partial charge in [0.05, 0.1) is 22.6 Å². The maximum atomic E-state index is 12.8. The quantitative estimate of drug-likeness (QED) is 0.508. The Kier molecular flexibility index (Phi) is 4.81. The van der Waals surface area contributed by atoms with Gasteiger partial charge in [-0.25, -0.2) is 13.4 Å². The zero-order valence-electron chi connectivity index (χ0n) is 15.6. The normalized spacial score (nSPS) is 11.5. The second-order valence-corrected chi connectivity index (χ2v) is 9.20. The van der Waals surface area contributed by atoms with E-state index >= 15 is 0 Å². The van der Waals surface area contributed by atoms with Crippen molar-refractivity contribution in [2.24, 2.45) is 7.05 Å². The fraction of sp³-hybridized carbons (Fsp3) is 0.105. The highest BCUT2D eigenvalue weighted by atomic mass is 32.2. The molecule has 0 radical (unpaired) electrons. The zero-order chi connectivity index (χ0) is 20.6. The van der Waals surface area contributed by atoms with Gasteiger partial charge >= 0.3 is 0 Å². The Morgan fingerprint density at radius 3 is 2.62 bits per heavy atom. The number of carbonyl (C=O) groups is 1. The fourth-order valence-corrected chi connectivity index (χ4v) is 4.99. The molecule has 0 fully saturated rings. The molecule has 0 aliphatic rings. The van der Waals surface area contributed by atoms with Crippen molar-refractivity contribution in [3.05, 3.63) is 65.3 Å². The fourth-order valence-electron chi connectivity index (χ4n) is 2.92. The number of sulfonamides is 1. The van der Waals surface area contributed by atoms with Crippen molar-refractivity contribution >= 4 is 49.7 Å². The molecule has 2 N–H and O–H groups in total. The molecule has 10 heteroatoms. The van der Waals surface area contributed by atoms with E-state index < -0.39 is 15.9 Å². The van der Waals surface area contributed by atoms with E-state index in [1.165, 1.54) is 12.3 Å². The summed E-state index contributed by atoms with van der Waals surface area (Å²) >= 11 is 1.12. The third-order valence-corrected chi connectivity index (χ3v) is 7.07. The third-order valence-electron chi connectivity index (χ3n) is 4.30. The molecule has 3 heterocycles. The van der Waals surface area contributed by atoms with Gasteiger partial charge in [0.1, 0.15) is 4.21 Å². The van der Waals surface area contributed by atoms with E-state index in [0.29, 0.717) is 16.9 Å². The van der Waals surface area contributed by atoms with Crippen LogP contribution in [0.4, 0.5) is 11.4 Å². The molecule has 4 rings (SSSR count). The Morgan fingerprint density at radius 1 is 1.14 bits per heavy atom. The van der Waals surface area contributed by atoms with Crippen LogP contribution in [0.2, 0.25) is 0 Å². The molecule has 0 atom stereocenters. The van der Waals surface area contributed by atoms with Crippen LogP contribution in [0.3, 0.4) is 0 Å². The smallest absolute Gasteiger partial charge is 0.271 e. The number of rotatable bonds is 5. The molecule has 0 aliphatic heterocycles. The highest BCUT2D eigenvalue weighted by Gasteiger charge is 2.18. The van der Waals surface area contributed by atoms with E-state index in [2.05, 4.69) is 20.1 Å². The van der Waals surface area contributed by atoms with Crippen molar-refractivity contribution in [2.75, 3.05) is 10.0 Å². The second kappa shape index (κ2) is 7.30. The number of anilines is 2. The number of nitrogens with zero attached hydrogens (tertiary/aromatic N) is 3. The van der Waals surface area contributed by atoms with Gasteiger partial charge in [0.15, 0.2) is 5.65 Å². The summed E-state index contributed by atoms with van der Waals surface area (Å²) in [6, 6.07) is 11.5. The van der Waals surface area contributed by atoms with Crippen LogP contribution in [-0.4, -0.2) is 29.1 Å². The van der Waals surface area contributed by atoms with E-state index in [4.69, 9.17) is 0 Å². The maximum absolute atomic E-state index is 12.8. The monoisotopic (exact) mass is 427 g/mol. The molecule has 1 aromatic carbocycles. The average molecular weight is 428 g/mol. The number of aryl methyl sites for hydroxylation is 2. The summed E-state index contributed by atoms with van der Waals surface area (Å²) in [5.41, 5.74) is 2.43. The Morgan fingerprint density at radius 2 is 1.90 bits per heavy atom. The summed E-state index contributed by atoms with van der Waals surface area (Å²) in [6.45, 7) is 1.85. The molecule has 29 heavy (non-hydrogen) atoms. The van der Waals surface area contributed by atoms with E-state index in [1.807, 2.05) is 6.92 Å². The van der Waals surface area contributed by atoms with Gasteiger partial charge in [-0.2, -0.15) is 5.10 Å². The highest BCUT2D eigenvalue weighted by molar-refractivity contribution is 7.94. The van der Waals surface area contributed by atoms with Gasteiger partial charge in [-0.15, -0.1) is 11.3 Å². The lowest BCUT2D eigenvalue weighted by Crippen LogP contribution is -2.16. The van der Waals surface area contributed by atoms with Crippen LogP contribution in [0.5, 0.6) is 0 Å². The van der Waals surface area contributed by atoms with Crippen LogP contribution in [0.25, 0.3) is 11.0 Å². The van der Waals surface area contributed by atoms with Crippen molar-refractivity contribution in [3.8, 4) is 0 Å². The number of hydrogen-bond donors (Lipinski definition) is 2. The number of nitrogens with one attached hydrogen (secondary N) is 2. The average Bonchev–Trinajstić information content (AvgIpc) is 3.32. The molecule has 148 valence electrons. The second-order valence-electron chi connectivity index (χ2n) is 6.34. The van der Waals surface area contributed by atoms with Gasteiger partial charge in [0, 0.05) is 18.6 Å². The number of thiophene rings is 1. The number of fused-ring (bicyclic) bond motifs is 1. The lowest BCUT2D eigenvalue weighted by molar-refractivity contribution is 0.102. The minimum absolute atomic E-state index is 0.195. The first kappa shape index (κ1) is 19.1. The van der Waals surface area contributed by atoms with Crippen molar-refractivity contribution in [3.63, 3.8) is 0 Å². The molecule has 0 saturated carbocycles. The Hall–Kier alpha value is -3.24. The van der Waals surface area contributed by atoms with Crippen LogP contribution in [0.15, 0.2) is 58.3 Å². The topological polar surface area (TPSA) is 106 Å².